The lowest BCUT2D eigenvalue weighted by Crippen LogP contribution is -2.43. The second-order valence-corrected chi connectivity index (χ2v) is 15.3. The normalized spacial score (nSPS) is 13.5. The Morgan fingerprint density at radius 2 is 1.32 bits per heavy atom. The zero-order chi connectivity index (χ0) is 31.9. The van der Waals surface area contributed by atoms with Crippen molar-refractivity contribution >= 4 is 34.8 Å². The Bertz CT molecular complexity index is 896. The summed E-state index contributed by atoms with van der Waals surface area (Å²) in [6, 6.07) is 0.749. The highest BCUT2D eigenvalue weighted by atomic mass is 32.3. The van der Waals surface area contributed by atoms with Crippen molar-refractivity contribution < 1.29 is 70.5 Å². The van der Waals surface area contributed by atoms with Gasteiger partial charge in [-0.15, -0.1) is 0 Å². The Balaban J connectivity index is 0. The van der Waals surface area contributed by atoms with E-state index in [9.17, 15) is 48.0 Å². The summed E-state index contributed by atoms with van der Waals surface area (Å²) in [5.41, 5.74) is -12.4. The van der Waals surface area contributed by atoms with Crippen LogP contribution >= 0.6 is 0 Å². The van der Waals surface area contributed by atoms with E-state index >= 15 is 0 Å². The van der Waals surface area contributed by atoms with Crippen LogP contribution in [0.5, 0.6) is 0 Å². The van der Waals surface area contributed by atoms with Crippen molar-refractivity contribution in [1.29, 1.82) is 0 Å². The van der Waals surface area contributed by atoms with Gasteiger partial charge >= 0.3 is 25.8 Å². The molecule has 0 amide bonds. The number of nitrogens with zero attached hydrogens (tertiary/aromatic N) is 2. The number of likely N-dealkylation sites (N-methyl/N-ethyl adjacent to an activating group) is 1. The number of alkyl halides is 6. The molecular weight excluding hydrogens is 620 g/mol. The Kier molecular flexibility index (Phi) is 18.3. The van der Waals surface area contributed by atoms with Gasteiger partial charge in [0.25, 0.3) is 0 Å². The molecule has 1 N–H and O–H groups in total. The Morgan fingerprint density at radius 3 is 1.73 bits per heavy atom. The summed E-state index contributed by atoms with van der Waals surface area (Å²) in [6.45, 7) is 6.06. The van der Waals surface area contributed by atoms with Crippen LogP contribution in [0, 0.1) is 0 Å². The molecule has 0 aromatic heterocycles. The van der Waals surface area contributed by atoms with Gasteiger partial charge in [0.2, 0.25) is 0 Å². The number of rotatable bonds is 18. The van der Waals surface area contributed by atoms with Gasteiger partial charge in [0.05, 0.1) is 27.1 Å². The summed E-state index contributed by atoms with van der Waals surface area (Å²) in [7, 11) is -6.72. The monoisotopic (exact) mass is 659 g/mol. The molecule has 0 aliphatic rings. The van der Waals surface area contributed by atoms with E-state index in [1.807, 2.05) is 0 Å². The summed E-state index contributed by atoms with van der Waals surface area (Å²) in [4.78, 5) is 11.8. The van der Waals surface area contributed by atoms with Crippen molar-refractivity contribution in [3.63, 3.8) is 0 Å². The van der Waals surface area contributed by atoms with E-state index in [-0.39, 0.29) is 5.97 Å². The van der Waals surface area contributed by atoms with E-state index < -0.39 is 39.9 Å². The molecular formula is C19H39F6N3O9S2Si. The van der Waals surface area contributed by atoms with Gasteiger partial charge in [-0.2, -0.15) is 26.3 Å². The van der Waals surface area contributed by atoms with Gasteiger partial charge in [-0.1, -0.05) is 13.3 Å². The molecule has 0 saturated carbocycles. The molecule has 21 heteroatoms. The zero-order valence-corrected chi connectivity index (χ0v) is 25.9. The molecule has 0 rings (SSSR count). The number of sulfonamides is 2. The van der Waals surface area contributed by atoms with Crippen LogP contribution in [0.25, 0.3) is 4.13 Å². The van der Waals surface area contributed by atoms with Crippen molar-refractivity contribution in [2.24, 2.45) is 0 Å². The first-order valence-corrected chi connectivity index (χ1v) is 16.6. The van der Waals surface area contributed by atoms with E-state index in [4.69, 9.17) is 18.0 Å². The fourth-order valence-electron chi connectivity index (χ4n) is 2.69. The predicted octanol–water partition coefficient (Wildman–Crippen LogP) is 2.71. The highest BCUT2D eigenvalue weighted by Gasteiger charge is 2.47. The molecule has 0 heterocycles. The van der Waals surface area contributed by atoms with Gasteiger partial charge in [0, 0.05) is 33.9 Å². The average Bonchev–Trinajstić information content (AvgIpc) is 2.81. The minimum atomic E-state index is -6.72. The number of hydrogen-bond donors (Lipinski definition) is 1. The number of nitrogens with one attached hydrogen (secondary N) is 1. The third kappa shape index (κ3) is 16.4. The van der Waals surface area contributed by atoms with E-state index in [1.165, 1.54) is 12.8 Å². The third-order valence-corrected chi connectivity index (χ3v) is 10.7. The molecule has 12 nitrogen and oxygen atoms in total. The van der Waals surface area contributed by atoms with Gasteiger partial charge in [-0.05, 0) is 19.4 Å². The number of esters is 1. The van der Waals surface area contributed by atoms with Crippen LogP contribution in [-0.4, -0.2) is 115 Å². The quantitative estimate of drug-likeness (QED) is 0.0766. The molecule has 0 unspecified atom stereocenters. The molecule has 0 atom stereocenters. The van der Waals surface area contributed by atoms with Gasteiger partial charge in [-0.25, -0.2) is 16.8 Å². The van der Waals surface area contributed by atoms with E-state index in [0.29, 0.717) is 19.6 Å². The molecule has 242 valence electrons. The predicted molar refractivity (Wildman–Crippen MR) is 135 cm³/mol. The number of hydrogen-bond acceptors (Lipinski definition) is 10. The first-order valence-electron chi connectivity index (χ1n) is 11.8. The van der Waals surface area contributed by atoms with Crippen LogP contribution in [0.4, 0.5) is 26.3 Å². The fraction of sp³-hybridized carbons (Fsp3) is 0.947. The SMILES string of the molecule is CCCC[N+](C)(C)CCOC(=O)CCNCCC[Si](OC)(OC)OC.O=S(=O)([N-]S(=O)(=O)C(F)(F)F)C(F)(F)F. The number of halogens is 6. The second-order valence-electron chi connectivity index (χ2n) is 8.77. The zero-order valence-electron chi connectivity index (χ0n) is 23.2. The van der Waals surface area contributed by atoms with Gasteiger partial charge in [0.15, 0.2) is 20.0 Å². The van der Waals surface area contributed by atoms with Crippen LogP contribution in [-0.2, 0) is 42.9 Å². The number of carbonyl (C=O) groups excluding carboxylic acids is 1. The third-order valence-electron chi connectivity index (χ3n) is 5.13. The lowest BCUT2D eigenvalue weighted by Gasteiger charge is -2.29. The summed E-state index contributed by atoms with van der Waals surface area (Å²) in [5.74, 6) is -0.141. The summed E-state index contributed by atoms with van der Waals surface area (Å²) in [5, 5.41) is 3.25. The van der Waals surface area contributed by atoms with Crippen LogP contribution in [0.15, 0.2) is 0 Å². The van der Waals surface area contributed by atoms with Crippen molar-refractivity contribution in [3.05, 3.63) is 4.13 Å². The Hall–Kier alpha value is -1.07. The molecule has 40 heavy (non-hydrogen) atoms. The van der Waals surface area contributed by atoms with Crippen molar-refractivity contribution in [3.8, 4) is 0 Å². The molecule has 0 aromatic carbocycles. The maximum absolute atomic E-state index is 11.8. The average molecular weight is 660 g/mol. The summed E-state index contributed by atoms with van der Waals surface area (Å²) in [6.07, 6.45) is 3.66. The minimum Gasteiger partial charge on any atom is -0.460 e. The van der Waals surface area contributed by atoms with E-state index in [1.54, 1.807) is 21.3 Å². The lowest BCUT2D eigenvalue weighted by atomic mass is 10.3. The molecule has 0 fully saturated rings. The topological polar surface area (TPSA) is 148 Å². The number of quaternary nitrogens is 1. The number of unbranched alkanes of at least 4 members (excludes halogenated alkanes) is 1. The lowest BCUT2D eigenvalue weighted by molar-refractivity contribution is -0.890. The first-order chi connectivity index (χ1) is 18.1. The van der Waals surface area contributed by atoms with Crippen LogP contribution < -0.4 is 5.32 Å². The summed E-state index contributed by atoms with van der Waals surface area (Å²) < 4.78 is 132. The maximum Gasteiger partial charge on any atom is 0.500 e. The van der Waals surface area contributed by atoms with Crippen molar-refractivity contribution in [2.75, 3.05) is 68.2 Å². The van der Waals surface area contributed by atoms with E-state index in [2.05, 4.69) is 26.3 Å². The van der Waals surface area contributed by atoms with Gasteiger partial charge < -0.3 is 31.9 Å². The number of ether oxygens (including phenoxy) is 1. The molecule has 0 aliphatic heterocycles. The first kappa shape index (κ1) is 41.1. The smallest absolute Gasteiger partial charge is 0.460 e. The summed E-state index contributed by atoms with van der Waals surface area (Å²) >= 11 is 0. The second kappa shape index (κ2) is 17.8. The number of carbonyl (C=O) groups is 1. The largest absolute Gasteiger partial charge is 0.500 e. The Morgan fingerprint density at radius 1 is 0.850 bits per heavy atom. The maximum atomic E-state index is 11.8. The Labute approximate surface area is 232 Å². The van der Waals surface area contributed by atoms with Gasteiger partial charge in [0.1, 0.15) is 13.2 Å². The van der Waals surface area contributed by atoms with Crippen LogP contribution in [0.3, 0.4) is 0 Å². The standard InChI is InChI=1S/C17H39N2O5Si.C2F6NO4S2/c1-7-8-13-19(2,3)14-15-24-17(20)10-12-18-11-9-16-25(21-4,22-5)23-6;3-1(4,5)14(10,11)9-15(12,13)2(6,7)8/h18H,7-16H2,1-6H3;/q+1;-1. The minimum absolute atomic E-state index is 0.141. The van der Waals surface area contributed by atoms with Crippen molar-refractivity contribution in [2.45, 2.75) is 49.7 Å². The molecule has 0 aliphatic carbocycles. The molecule has 0 aromatic rings. The van der Waals surface area contributed by atoms with Crippen LogP contribution in [0.2, 0.25) is 6.04 Å². The highest BCUT2D eigenvalue weighted by Crippen LogP contribution is 2.36. The fourth-order valence-corrected chi connectivity index (χ4v) is 6.12. The van der Waals surface area contributed by atoms with Gasteiger partial charge in [-0.3, -0.25) is 4.79 Å². The molecule has 0 bridgehead atoms. The van der Waals surface area contributed by atoms with Crippen LogP contribution in [0.1, 0.15) is 32.6 Å². The molecule has 0 spiro atoms. The van der Waals surface area contributed by atoms with Crippen molar-refractivity contribution in [1.82, 2.24) is 5.32 Å². The molecule has 0 radical (unpaired) electrons. The highest BCUT2D eigenvalue weighted by molar-refractivity contribution is 8.13. The molecule has 0 saturated heterocycles. The van der Waals surface area contributed by atoms with E-state index in [0.717, 1.165) is 40.7 Å².